The minimum absolute atomic E-state index is 0. The van der Waals surface area contributed by atoms with E-state index in [-0.39, 0.29) is 36.8 Å². The summed E-state index contributed by atoms with van der Waals surface area (Å²) < 4.78 is 0. The van der Waals surface area contributed by atoms with Gasteiger partial charge in [0, 0.05) is 24.5 Å². The second-order valence-electron chi connectivity index (χ2n) is 5.74. The van der Waals surface area contributed by atoms with Crippen LogP contribution in [-0.4, -0.2) is 24.0 Å². The average molecular weight is 368 g/mol. The van der Waals surface area contributed by atoms with E-state index in [1.165, 1.54) is 11.1 Å². The smallest absolute Gasteiger partial charge is 0.224 e. The molecule has 1 aliphatic heterocycles. The van der Waals surface area contributed by atoms with Crippen LogP contribution in [0, 0.1) is 6.92 Å². The van der Waals surface area contributed by atoms with Crippen molar-refractivity contribution in [2.24, 2.45) is 0 Å². The number of hydrogen-bond donors (Lipinski definition) is 2. The Hall–Kier alpha value is -1.62. The minimum atomic E-state index is 0. The lowest BCUT2D eigenvalue weighted by Crippen LogP contribution is -2.39. The molecule has 0 saturated heterocycles. The number of hydrogen-bond acceptors (Lipinski definition) is 3. The first-order valence-electron chi connectivity index (χ1n) is 7.72. The quantitative estimate of drug-likeness (QED) is 0.873. The summed E-state index contributed by atoms with van der Waals surface area (Å²) in [4.78, 5) is 16.3. The van der Waals surface area contributed by atoms with Gasteiger partial charge in [-0.15, -0.1) is 24.8 Å². The number of nitrogens with one attached hydrogen (secondary N) is 2. The van der Waals surface area contributed by atoms with E-state index in [4.69, 9.17) is 0 Å². The highest BCUT2D eigenvalue weighted by Gasteiger charge is 2.19. The van der Waals surface area contributed by atoms with E-state index in [0.29, 0.717) is 13.0 Å². The molecule has 0 spiro atoms. The second kappa shape index (κ2) is 9.62. The molecule has 1 amide bonds. The van der Waals surface area contributed by atoms with Gasteiger partial charge in [-0.2, -0.15) is 0 Å². The molecule has 130 valence electrons. The Labute approximate surface area is 155 Å². The van der Waals surface area contributed by atoms with Gasteiger partial charge in [0.25, 0.3) is 0 Å². The summed E-state index contributed by atoms with van der Waals surface area (Å²) in [5.74, 6) is 0.0375. The lowest BCUT2D eigenvalue weighted by atomic mass is 9.94. The SMILES string of the molecule is Cc1ccc(CC(=O)NCC2NCCc3ccccc32)cn1.Cl.Cl. The number of halogens is 2. The topological polar surface area (TPSA) is 54.0 Å². The van der Waals surface area contributed by atoms with Crippen LogP contribution in [0.5, 0.6) is 0 Å². The van der Waals surface area contributed by atoms with Crippen LogP contribution < -0.4 is 10.6 Å². The highest BCUT2D eigenvalue weighted by Crippen LogP contribution is 2.21. The first-order chi connectivity index (χ1) is 10.7. The molecule has 6 heteroatoms. The van der Waals surface area contributed by atoms with Crippen LogP contribution in [0.1, 0.15) is 28.4 Å². The molecule has 0 radical (unpaired) electrons. The third-order valence-electron chi connectivity index (χ3n) is 4.06. The van der Waals surface area contributed by atoms with E-state index < -0.39 is 0 Å². The van der Waals surface area contributed by atoms with Crippen LogP contribution in [0.4, 0.5) is 0 Å². The summed E-state index contributed by atoms with van der Waals surface area (Å²) in [6, 6.07) is 12.5. The van der Waals surface area contributed by atoms with Crippen LogP contribution in [0.25, 0.3) is 0 Å². The third kappa shape index (κ3) is 5.20. The molecule has 0 saturated carbocycles. The van der Waals surface area contributed by atoms with Crippen molar-refractivity contribution < 1.29 is 4.79 Å². The molecule has 3 rings (SSSR count). The monoisotopic (exact) mass is 367 g/mol. The number of aromatic nitrogens is 1. The van der Waals surface area contributed by atoms with Crippen LogP contribution in [0.15, 0.2) is 42.6 Å². The average Bonchev–Trinajstić information content (AvgIpc) is 2.55. The van der Waals surface area contributed by atoms with Gasteiger partial charge in [-0.1, -0.05) is 30.3 Å². The molecule has 4 nitrogen and oxygen atoms in total. The maximum atomic E-state index is 12.1. The van der Waals surface area contributed by atoms with E-state index in [0.717, 1.165) is 24.2 Å². The summed E-state index contributed by atoms with van der Waals surface area (Å²) in [5, 5.41) is 6.50. The Kier molecular flexibility index (Phi) is 8.19. The highest BCUT2D eigenvalue weighted by molar-refractivity contribution is 5.85. The maximum absolute atomic E-state index is 12.1. The highest BCUT2D eigenvalue weighted by atomic mass is 35.5. The number of aryl methyl sites for hydroxylation is 1. The molecule has 1 unspecified atom stereocenters. The number of carbonyl (C=O) groups is 1. The van der Waals surface area contributed by atoms with Crippen molar-refractivity contribution >= 4 is 30.7 Å². The molecule has 24 heavy (non-hydrogen) atoms. The van der Waals surface area contributed by atoms with E-state index >= 15 is 0 Å². The van der Waals surface area contributed by atoms with Crippen molar-refractivity contribution in [2.45, 2.75) is 25.8 Å². The Morgan fingerprint density at radius 3 is 2.79 bits per heavy atom. The third-order valence-corrected chi connectivity index (χ3v) is 4.06. The fraction of sp³-hybridized carbons (Fsp3) is 0.333. The summed E-state index contributed by atoms with van der Waals surface area (Å²) >= 11 is 0. The largest absolute Gasteiger partial charge is 0.354 e. The Morgan fingerprint density at radius 2 is 2.04 bits per heavy atom. The van der Waals surface area contributed by atoms with Crippen molar-refractivity contribution in [2.75, 3.05) is 13.1 Å². The maximum Gasteiger partial charge on any atom is 0.224 e. The number of carbonyl (C=O) groups excluding carboxylic acids is 1. The van der Waals surface area contributed by atoms with Crippen LogP contribution >= 0.6 is 24.8 Å². The predicted molar refractivity (Wildman–Crippen MR) is 101 cm³/mol. The normalized spacial score (nSPS) is 15.5. The number of pyridine rings is 1. The van der Waals surface area contributed by atoms with Gasteiger partial charge in [-0.3, -0.25) is 9.78 Å². The minimum Gasteiger partial charge on any atom is -0.354 e. The van der Waals surface area contributed by atoms with Gasteiger partial charge >= 0.3 is 0 Å². The van der Waals surface area contributed by atoms with Crippen molar-refractivity contribution in [1.29, 1.82) is 0 Å². The van der Waals surface area contributed by atoms with Crippen molar-refractivity contribution in [1.82, 2.24) is 15.6 Å². The molecule has 2 heterocycles. The molecule has 0 fully saturated rings. The van der Waals surface area contributed by atoms with Gasteiger partial charge in [0.15, 0.2) is 0 Å². The van der Waals surface area contributed by atoms with E-state index in [2.05, 4.69) is 39.9 Å². The number of rotatable bonds is 4. The first-order valence-corrected chi connectivity index (χ1v) is 7.72. The molecule has 1 aromatic carbocycles. The lowest BCUT2D eigenvalue weighted by Gasteiger charge is -2.27. The van der Waals surface area contributed by atoms with E-state index in [1.54, 1.807) is 6.20 Å². The number of benzene rings is 1. The van der Waals surface area contributed by atoms with Gasteiger partial charge < -0.3 is 10.6 Å². The molecule has 2 N–H and O–H groups in total. The van der Waals surface area contributed by atoms with E-state index in [1.807, 2.05) is 19.1 Å². The predicted octanol–water partition coefficient (Wildman–Crippen LogP) is 2.78. The van der Waals surface area contributed by atoms with Gasteiger partial charge in [0.05, 0.1) is 6.42 Å². The Balaban J connectivity index is 0.00000144. The summed E-state index contributed by atoms with van der Waals surface area (Å²) in [7, 11) is 0. The van der Waals surface area contributed by atoms with Gasteiger partial charge in [0.2, 0.25) is 5.91 Å². The van der Waals surface area contributed by atoms with Crippen LogP contribution in [0.3, 0.4) is 0 Å². The Morgan fingerprint density at radius 1 is 1.25 bits per heavy atom. The second-order valence-corrected chi connectivity index (χ2v) is 5.74. The number of fused-ring (bicyclic) bond motifs is 1. The summed E-state index contributed by atoms with van der Waals surface area (Å²) in [6.45, 7) is 3.52. The Bertz CT molecular complexity index is 662. The fourth-order valence-electron chi connectivity index (χ4n) is 2.84. The lowest BCUT2D eigenvalue weighted by molar-refractivity contribution is -0.120. The van der Waals surface area contributed by atoms with Gasteiger partial charge in [0.1, 0.15) is 0 Å². The molecule has 2 aromatic rings. The molecular formula is C18H23Cl2N3O. The van der Waals surface area contributed by atoms with Gasteiger partial charge in [-0.05, 0) is 42.6 Å². The molecule has 1 aromatic heterocycles. The molecule has 1 aliphatic rings. The molecular weight excluding hydrogens is 345 g/mol. The zero-order valence-electron chi connectivity index (χ0n) is 13.6. The van der Waals surface area contributed by atoms with Crippen molar-refractivity contribution in [3.63, 3.8) is 0 Å². The van der Waals surface area contributed by atoms with Gasteiger partial charge in [-0.25, -0.2) is 0 Å². The van der Waals surface area contributed by atoms with Crippen LogP contribution in [0.2, 0.25) is 0 Å². The first kappa shape index (κ1) is 20.4. The number of amides is 1. The van der Waals surface area contributed by atoms with E-state index in [9.17, 15) is 4.79 Å². The van der Waals surface area contributed by atoms with Crippen molar-refractivity contribution in [3.05, 3.63) is 65.0 Å². The summed E-state index contributed by atoms with van der Waals surface area (Å²) in [6.07, 6.45) is 3.19. The molecule has 0 bridgehead atoms. The molecule has 0 aliphatic carbocycles. The standard InChI is InChI=1S/C18H21N3O.2ClH/c1-13-6-7-14(11-20-13)10-18(22)21-12-17-16-5-3-2-4-15(16)8-9-19-17;;/h2-7,11,17,19H,8-10,12H2,1H3,(H,21,22);2*1H. The zero-order chi connectivity index (χ0) is 15.4. The van der Waals surface area contributed by atoms with Crippen molar-refractivity contribution in [3.8, 4) is 0 Å². The fourth-order valence-corrected chi connectivity index (χ4v) is 2.84. The van der Waals surface area contributed by atoms with Crippen LogP contribution in [-0.2, 0) is 17.6 Å². The summed E-state index contributed by atoms with van der Waals surface area (Å²) in [5.41, 5.74) is 4.58. The molecule has 1 atom stereocenters. The zero-order valence-corrected chi connectivity index (χ0v) is 15.3. The number of nitrogens with zero attached hydrogens (tertiary/aromatic N) is 1.